The number of hydrogen-bond acceptors (Lipinski definition) is 6. The third kappa shape index (κ3) is 10.2. The van der Waals surface area contributed by atoms with Crippen LogP contribution in [0.4, 0.5) is 4.79 Å². The van der Waals surface area contributed by atoms with Crippen LogP contribution < -0.4 is 16.2 Å². The Kier molecular flexibility index (Phi) is 10.4. The first-order chi connectivity index (χ1) is 13.9. The Hall–Kier alpha value is -1.97. The average Bonchev–Trinajstić information content (AvgIpc) is 2.62. The fraction of sp³-hybridized carbons (Fsp3) is 0.550. The van der Waals surface area contributed by atoms with Gasteiger partial charge in [-0.2, -0.15) is 11.8 Å². The number of rotatable bonds is 8. The van der Waals surface area contributed by atoms with E-state index in [1.165, 1.54) is 12.1 Å². The van der Waals surface area contributed by atoms with Crippen molar-refractivity contribution in [2.45, 2.75) is 64.0 Å². The number of halogens is 1. The molecule has 0 saturated carbocycles. The van der Waals surface area contributed by atoms with Crippen molar-refractivity contribution in [3.63, 3.8) is 0 Å². The van der Waals surface area contributed by atoms with Crippen LogP contribution in [0.1, 0.15) is 51.4 Å². The van der Waals surface area contributed by atoms with Gasteiger partial charge in [-0.3, -0.25) is 20.4 Å². The van der Waals surface area contributed by atoms with Crippen molar-refractivity contribution in [1.29, 1.82) is 0 Å². The highest BCUT2D eigenvalue weighted by Crippen LogP contribution is 2.14. The van der Waals surface area contributed by atoms with Crippen molar-refractivity contribution in [2.24, 2.45) is 0 Å². The zero-order chi connectivity index (χ0) is 22.9. The summed E-state index contributed by atoms with van der Waals surface area (Å²) in [5.41, 5.74) is 3.91. The first kappa shape index (κ1) is 26.1. The van der Waals surface area contributed by atoms with Crippen LogP contribution in [0.5, 0.6) is 0 Å². The van der Waals surface area contributed by atoms with E-state index < -0.39 is 35.7 Å². The lowest BCUT2D eigenvalue weighted by Gasteiger charge is -2.26. The Morgan fingerprint density at radius 1 is 1.20 bits per heavy atom. The molecule has 0 aromatic heterocycles. The van der Waals surface area contributed by atoms with Crippen LogP contribution in [0.15, 0.2) is 24.3 Å². The van der Waals surface area contributed by atoms with Crippen LogP contribution >= 0.6 is 23.4 Å². The van der Waals surface area contributed by atoms with Crippen molar-refractivity contribution in [3.8, 4) is 0 Å². The molecule has 0 unspecified atom stereocenters. The van der Waals surface area contributed by atoms with Crippen molar-refractivity contribution in [3.05, 3.63) is 34.9 Å². The third-order valence-electron chi connectivity index (χ3n) is 3.62. The van der Waals surface area contributed by atoms with Crippen molar-refractivity contribution < 1.29 is 24.2 Å². The summed E-state index contributed by atoms with van der Waals surface area (Å²) in [6.45, 7) is 9.19. The van der Waals surface area contributed by atoms with E-state index in [2.05, 4.69) is 16.2 Å². The first-order valence-corrected chi connectivity index (χ1v) is 11.0. The van der Waals surface area contributed by atoms with Gasteiger partial charge in [-0.25, -0.2) is 4.79 Å². The van der Waals surface area contributed by atoms with E-state index in [4.69, 9.17) is 16.3 Å². The minimum atomic E-state index is -1.59. The highest BCUT2D eigenvalue weighted by molar-refractivity contribution is 7.99. The molecule has 0 spiro atoms. The summed E-state index contributed by atoms with van der Waals surface area (Å²) in [6.07, 6.45) is -2.00. The fourth-order valence-corrected chi connectivity index (χ4v) is 3.33. The molecule has 8 nitrogen and oxygen atoms in total. The second-order valence-corrected chi connectivity index (χ2v) is 9.98. The number of aliphatic hydroxyl groups excluding tert-OH is 1. The molecule has 4 N–H and O–H groups in total. The molecule has 1 aromatic carbocycles. The van der Waals surface area contributed by atoms with Crippen LogP contribution in [-0.2, 0) is 9.53 Å². The molecule has 0 radical (unpaired) electrons. The van der Waals surface area contributed by atoms with Gasteiger partial charge in [-0.05, 0) is 56.4 Å². The molecular formula is C20H30ClN3O5S. The summed E-state index contributed by atoms with van der Waals surface area (Å²) in [5, 5.41) is 13.7. The molecule has 10 heteroatoms. The maximum Gasteiger partial charge on any atom is 0.407 e. The number of hydrazine groups is 1. The number of carbonyl (C=O) groups is 3. The lowest BCUT2D eigenvalue weighted by Crippen LogP contribution is -2.55. The highest BCUT2D eigenvalue weighted by atomic mass is 35.5. The number of benzene rings is 1. The van der Waals surface area contributed by atoms with Crippen LogP contribution in [0.2, 0.25) is 5.02 Å². The summed E-state index contributed by atoms with van der Waals surface area (Å²) in [4.78, 5) is 36.6. The zero-order valence-electron chi connectivity index (χ0n) is 17.8. The highest BCUT2D eigenvalue weighted by Gasteiger charge is 2.29. The van der Waals surface area contributed by atoms with Gasteiger partial charge in [0, 0.05) is 10.6 Å². The summed E-state index contributed by atoms with van der Waals surface area (Å²) < 4.78 is 5.21. The average molecular weight is 460 g/mol. The summed E-state index contributed by atoms with van der Waals surface area (Å²) >= 11 is 7.48. The molecule has 0 heterocycles. The molecular weight excluding hydrogens is 430 g/mol. The minimum Gasteiger partial charge on any atom is -0.444 e. The Morgan fingerprint density at radius 2 is 1.87 bits per heavy atom. The van der Waals surface area contributed by atoms with Gasteiger partial charge in [0.05, 0.1) is 6.04 Å². The number of alkyl carbamates (subject to hydrolysis) is 1. The second-order valence-electron chi connectivity index (χ2n) is 7.86. The molecule has 0 aliphatic carbocycles. The molecule has 168 valence electrons. The van der Waals surface area contributed by atoms with Gasteiger partial charge in [0.1, 0.15) is 5.60 Å². The summed E-state index contributed by atoms with van der Waals surface area (Å²) in [6, 6.07) is 5.29. The zero-order valence-corrected chi connectivity index (χ0v) is 19.4. The van der Waals surface area contributed by atoms with Gasteiger partial charge in [-0.1, -0.05) is 31.5 Å². The molecule has 30 heavy (non-hydrogen) atoms. The molecule has 0 bridgehead atoms. The maximum absolute atomic E-state index is 12.4. The van der Waals surface area contributed by atoms with Crippen molar-refractivity contribution in [1.82, 2.24) is 16.2 Å². The molecule has 2 atom stereocenters. The molecule has 1 aromatic rings. The minimum absolute atomic E-state index is 0.244. The summed E-state index contributed by atoms with van der Waals surface area (Å²) in [5.74, 6) is -0.844. The molecule has 0 aliphatic rings. The molecule has 0 aliphatic heterocycles. The Balaban J connectivity index is 2.72. The van der Waals surface area contributed by atoms with E-state index in [9.17, 15) is 19.5 Å². The fourth-order valence-electron chi connectivity index (χ4n) is 2.28. The van der Waals surface area contributed by atoms with E-state index >= 15 is 0 Å². The third-order valence-corrected chi connectivity index (χ3v) is 4.99. The number of carbonyl (C=O) groups excluding carboxylic acids is 3. The van der Waals surface area contributed by atoms with Gasteiger partial charge in [0.2, 0.25) is 0 Å². The largest absolute Gasteiger partial charge is 0.444 e. The molecule has 3 amide bonds. The number of hydrogen-bond donors (Lipinski definition) is 4. The van der Waals surface area contributed by atoms with Crippen LogP contribution in [-0.4, -0.2) is 51.8 Å². The molecule has 1 rings (SSSR count). The molecule has 0 saturated heterocycles. The second kappa shape index (κ2) is 12.0. The number of amides is 3. The number of aliphatic hydroxyl groups is 1. The smallest absolute Gasteiger partial charge is 0.407 e. The van der Waals surface area contributed by atoms with Gasteiger partial charge >= 0.3 is 6.09 Å². The lowest BCUT2D eigenvalue weighted by molar-refractivity contribution is -0.131. The van der Waals surface area contributed by atoms with Crippen LogP contribution in [0.25, 0.3) is 0 Å². The van der Waals surface area contributed by atoms with Crippen LogP contribution in [0.3, 0.4) is 0 Å². The maximum atomic E-state index is 12.4. The predicted molar refractivity (Wildman–Crippen MR) is 118 cm³/mol. The summed E-state index contributed by atoms with van der Waals surface area (Å²) in [7, 11) is 0. The first-order valence-electron chi connectivity index (χ1n) is 9.54. The normalized spacial score (nSPS) is 13.3. The lowest BCUT2D eigenvalue weighted by atomic mass is 10.1. The van der Waals surface area contributed by atoms with E-state index in [1.54, 1.807) is 44.7 Å². The molecule has 0 fully saturated rings. The number of thioether (sulfide) groups is 1. The Morgan fingerprint density at radius 3 is 2.43 bits per heavy atom. The predicted octanol–water partition coefficient (Wildman–Crippen LogP) is 2.89. The van der Waals surface area contributed by atoms with E-state index in [-0.39, 0.29) is 5.56 Å². The van der Waals surface area contributed by atoms with E-state index in [1.807, 2.05) is 13.8 Å². The van der Waals surface area contributed by atoms with E-state index in [0.29, 0.717) is 22.4 Å². The monoisotopic (exact) mass is 459 g/mol. The van der Waals surface area contributed by atoms with Gasteiger partial charge in [0.25, 0.3) is 11.8 Å². The van der Waals surface area contributed by atoms with E-state index in [0.717, 1.165) is 0 Å². The SMILES string of the molecule is CC(C)SCC[C@@H](NC(=O)OC(C)(C)C)[C@H](O)C(=O)NNC(=O)c1cccc(Cl)c1. The van der Waals surface area contributed by atoms with Crippen molar-refractivity contribution in [2.75, 3.05) is 5.75 Å². The topological polar surface area (TPSA) is 117 Å². The van der Waals surface area contributed by atoms with Gasteiger partial charge in [0.15, 0.2) is 6.10 Å². The van der Waals surface area contributed by atoms with Gasteiger partial charge < -0.3 is 15.2 Å². The standard InChI is InChI=1S/C20H30ClN3O5S/c1-12(2)30-10-9-15(22-19(28)29-20(3,4)5)16(25)18(27)24-23-17(26)13-7-6-8-14(21)11-13/h6-8,11-12,15-16,25H,9-10H2,1-5H3,(H,22,28)(H,23,26)(H,24,27)/t15-,16+/m1/s1. The number of nitrogens with one attached hydrogen (secondary N) is 3. The number of ether oxygens (including phenoxy) is 1. The Labute approximate surface area is 186 Å². The van der Waals surface area contributed by atoms with Crippen molar-refractivity contribution >= 4 is 41.3 Å². The van der Waals surface area contributed by atoms with Gasteiger partial charge in [-0.15, -0.1) is 0 Å². The quantitative estimate of drug-likeness (QED) is 0.444. The Bertz CT molecular complexity index is 739. The van der Waals surface area contributed by atoms with Crippen LogP contribution in [0, 0.1) is 0 Å².